The van der Waals surface area contributed by atoms with Gasteiger partial charge in [0.15, 0.2) is 0 Å². The number of nitrogens with zero attached hydrogens (tertiary/aromatic N) is 6. The second-order valence-electron chi connectivity index (χ2n) is 8.73. The molecule has 1 aliphatic rings. The number of carbonyl (C=O) groups is 1. The fourth-order valence-corrected chi connectivity index (χ4v) is 6.45. The van der Waals surface area contributed by atoms with Gasteiger partial charge in [0.05, 0.1) is 23.7 Å². The van der Waals surface area contributed by atoms with Crippen molar-refractivity contribution in [2.45, 2.75) is 4.90 Å². The van der Waals surface area contributed by atoms with Crippen molar-refractivity contribution in [3.63, 3.8) is 0 Å². The largest absolute Gasteiger partial charge is 0.352 e. The third-order valence-corrected chi connectivity index (χ3v) is 8.18. The number of sulfonamides is 1. The van der Waals surface area contributed by atoms with Crippen molar-refractivity contribution in [3.05, 3.63) is 84.9 Å². The highest BCUT2D eigenvalue weighted by Gasteiger charge is 2.32. The van der Waals surface area contributed by atoms with Crippen LogP contribution < -0.4 is 9.37 Å². The smallest absolute Gasteiger partial charge is 0.290 e. The Morgan fingerprint density at radius 2 is 1.59 bits per heavy atom. The van der Waals surface area contributed by atoms with E-state index < -0.39 is 20.1 Å². The van der Waals surface area contributed by atoms with Crippen molar-refractivity contribution in [3.8, 4) is 0 Å². The van der Waals surface area contributed by atoms with Crippen molar-refractivity contribution in [2.24, 2.45) is 0 Å². The summed E-state index contributed by atoms with van der Waals surface area (Å²) in [5.74, 6) is 0.500. The zero-order valence-corrected chi connectivity index (χ0v) is 22.4. The fraction of sp³-hybridized carbons (Fsp3) is 0.200. The van der Waals surface area contributed by atoms with Crippen LogP contribution in [-0.4, -0.2) is 75.0 Å². The fourth-order valence-electron chi connectivity index (χ4n) is 4.22. The van der Waals surface area contributed by atoms with E-state index in [1.54, 1.807) is 41.7 Å². The maximum atomic E-state index is 13.6. The molecule has 5 rings (SSSR count). The van der Waals surface area contributed by atoms with E-state index in [0.29, 0.717) is 41.6 Å². The number of hydrogen-bond donors (Lipinski definition) is 0. The van der Waals surface area contributed by atoms with Crippen LogP contribution in [0.1, 0.15) is 10.4 Å². The summed E-state index contributed by atoms with van der Waals surface area (Å²) in [6.45, 7) is 2.08. The summed E-state index contributed by atoms with van der Waals surface area (Å²) in [6, 6.07) is 13.4. The highest BCUT2D eigenvalue weighted by atomic mass is 32.2. The third-order valence-electron chi connectivity index (χ3n) is 6.06. The molecule has 0 unspecified atom stereocenters. The van der Waals surface area contributed by atoms with E-state index in [-0.39, 0.29) is 22.0 Å². The van der Waals surface area contributed by atoms with Gasteiger partial charge in [-0.25, -0.2) is 4.98 Å². The molecule has 0 saturated carbocycles. The van der Waals surface area contributed by atoms with Gasteiger partial charge < -0.3 is 9.80 Å². The second-order valence-corrected chi connectivity index (χ2v) is 12.0. The summed E-state index contributed by atoms with van der Waals surface area (Å²) in [4.78, 5) is 29.1. The average molecular weight is 569 g/mol. The number of hydrogen-bond acceptors (Lipinski definition) is 10. The maximum absolute atomic E-state index is 13.6. The number of aromatic nitrogens is 3. The Hall–Kier alpha value is -4.14. The summed E-state index contributed by atoms with van der Waals surface area (Å²) >= 11 is 0. The topological polar surface area (TPSA) is 143 Å². The van der Waals surface area contributed by atoms with Crippen molar-refractivity contribution in [1.82, 2.24) is 19.9 Å². The summed E-state index contributed by atoms with van der Waals surface area (Å²) < 4.78 is 56.7. The van der Waals surface area contributed by atoms with Crippen LogP contribution in [0.25, 0.3) is 10.9 Å². The Bertz CT molecular complexity index is 1700. The van der Waals surface area contributed by atoms with E-state index in [1.165, 1.54) is 42.6 Å². The number of piperazine rings is 1. The van der Waals surface area contributed by atoms with Gasteiger partial charge >= 0.3 is 0 Å². The molecular formula is C25H24N6O6S2. The van der Waals surface area contributed by atoms with E-state index in [0.717, 1.165) is 12.1 Å². The molecule has 3 heterocycles. The first-order valence-electron chi connectivity index (χ1n) is 11.8. The molecule has 14 heteroatoms. The van der Waals surface area contributed by atoms with Crippen molar-refractivity contribution in [1.29, 1.82) is 0 Å². The minimum absolute atomic E-state index is 0.0996. The Morgan fingerprint density at radius 1 is 0.872 bits per heavy atom. The second kappa shape index (κ2) is 10.6. The summed E-state index contributed by atoms with van der Waals surface area (Å²) in [5, 5.41) is 0.554. The minimum atomic E-state index is -4.54. The van der Waals surface area contributed by atoms with Gasteiger partial charge in [0.25, 0.3) is 26.0 Å². The van der Waals surface area contributed by atoms with Gasteiger partial charge in [-0.3, -0.25) is 14.8 Å². The summed E-state index contributed by atoms with van der Waals surface area (Å²) in [6.07, 6.45) is 7.07. The first-order chi connectivity index (χ1) is 18.6. The van der Waals surface area contributed by atoms with Crippen LogP contribution in [0, 0.1) is 0 Å². The number of benzene rings is 2. The molecule has 2 aromatic heterocycles. The number of fused-ring (bicyclic) bond motifs is 1. The van der Waals surface area contributed by atoms with Gasteiger partial charge in [0.1, 0.15) is 10.7 Å². The van der Waals surface area contributed by atoms with Crippen molar-refractivity contribution < 1.29 is 25.9 Å². The lowest BCUT2D eigenvalue weighted by atomic mass is 10.1. The molecule has 0 atom stereocenters. The quantitative estimate of drug-likeness (QED) is 0.304. The highest BCUT2D eigenvalue weighted by Crippen LogP contribution is 2.29. The van der Waals surface area contributed by atoms with Crippen LogP contribution in [0.3, 0.4) is 0 Å². The predicted octanol–water partition coefficient (Wildman–Crippen LogP) is 2.07. The molecule has 1 saturated heterocycles. The Labute approximate surface area is 225 Å². The summed E-state index contributed by atoms with van der Waals surface area (Å²) in [7, 11) is -8.79. The van der Waals surface area contributed by atoms with E-state index >= 15 is 0 Å². The lowest BCUT2D eigenvalue weighted by Crippen LogP contribution is -2.49. The Morgan fingerprint density at radius 3 is 2.26 bits per heavy atom. The lowest BCUT2D eigenvalue weighted by molar-refractivity contribution is 0.0746. The number of pyridine rings is 1. The molecule has 0 N–H and O–H groups in total. The number of amides is 1. The van der Waals surface area contributed by atoms with Crippen molar-refractivity contribution >= 4 is 48.5 Å². The molecule has 39 heavy (non-hydrogen) atoms. The predicted molar refractivity (Wildman–Crippen MR) is 144 cm³/mol. The normalized spacial score (nSPS) is 14.4. The molecule has 202 valence electrons. The molecular weight excluding hydrogens is 544 g/mol. The number of para-hydroxylation sites is 1. The van der Waals surface area contributed by atoms with E-state index in [2.05, 4.69) is 15.0 Å². The van der Waals surface area contributed by atoms with Crippen LogP contribution in [0.15, 0.2) is 84.3 Å². The SMILES string of the molecule is CS(=O)(=O)ON(c1ccc(C(=O)N2CCN(c3cnccn3)CC2)cc1)S(=O)(=O)c1cccc2cccnc12. The van der Waals surface area contributed by atoms with Gasteiger partial charge in [0.2, 0.25) is 0 Å². The summed E-state index contributed by atoms with van der Waals surface area (Å²) in [5.41, 5.74) is 0.377. The standard InChI is InChI=1S/C25H24N6O6S2/c1-38(33,34)37-31(39(35,36)22-6-2-4-19-5-3-11-28-24(19)22)21-9-7-20(8-10-21)25(32)30-16-14-29(15-17-30)23-18-26-12-13-27-23/h2-13,18H,14-17H2,1H3. The molecule has 1 amide bonds. The van der Waals surface area contributed by atoms with Crippen LogP contribution in [-0.2, 0) is 24.4 Å². The molecule has 0 spiro atoms. The molecule has 4 aromatic rings. The highest BCUT2D eigenvalue weighted by molar-refractivity contribution is 7.94. The first kappa shape index (κ1) is 26.5. The van der Waals surface area contributed by atoms with E-state index in [1.807, 2.05) is 4.90 Å². The molecule has 12 nitrogen and oxygen atoms in total. The molecule has 0 radical (unpaired) electrons. The van der Waals surface area contributed by atoms with Gasteiger partial charge in [-0.2, -0.15) is 16.8 Å². The number of carbonyl (C=O) groups excluding carboxylic acids is 1. The average Bonchev–Trinajstić information content (AvgIpc) is 2.95. The van der Waals surface area contributed by atoms with Gasteiger partial charge in [-0.15, -0.1) is 8.75 Å². The molecule has 1 fully saturated rings. The first-order valence-corrected chi connectivity index (χ1v) is 15.1. The van der Waals surface area contributed by atoms with Crippen LogP contribution >= 0.6 is 0 Å². The van der Waals surface area contributed by atoms with Crippen LogP contribution in [0.2, 0.25) is 0 Å². The Kier molecular flexibility index (Phi) is 7.16. The van der Waals surface area contributed by atoms with Crippen LogP contribution in [0.4, 0.5) is 11.5 Å². The molecule has 0 bridgehead atoms. The lowest BCUT2D eigenvalue weighted by Gasteiger charge is -2.35. The zero-order chi connectivity index (χ0) is 27.6. The minimum Gasteiger partial charge on any atom is -0.352 e. The Balaban J connectivity index is 1.39. The maximum Gasteiger partial charge on any atom is 0.290 e. The molecule has 0 aliphatic carbocycles. The number of anilines is 2. The van der Waals surface area contributed by atoms with Gasteiger partial charge in [-0.05, 0) is 36.4 Å². The van der Waals surface area contributed by atoms with E-state index in [9.17, 15) is 21.6 Å². The molecule has 1 aliphatic heterocycles. The van der Waals surface area contributed by atoms with Crippen molar-refractivity contribution in [2.75, 3.05) is 41.8 Å². The molecule has 2 aromatic carbocycles. The van der Waals surface area contributed by atoms with E-state index in [4.69, 9.17) is 4.28 Å². The monoisotopic (exact) mass is 568 g/mol. The van der Waals surface area contributed by atoms with Crippen LogP contribution in [0.5, 0.6) is 0 Å². The van der Waals surface area contributed by atoms with Gasteiger partial charge in [0, 0.05) is 55.7 Å². The third kappa shape index (κ3) is 5.67. The zero-order valence-electron chi connectivity index (χ0n) is 20.8. The number of rotatable bonds is 7. The van der Waals surface area contributed by atoms with Gasteiger partial charge in [-0.1, -0.05) is 18.2 Å².